The first-order valence-electron chi connectivity index (χ1n) is 6.94. The van der Waals surface area contributed by atoms with Gasteiger partial charge in [-0.2, -0.15) is 0 Å². The highest BCUT2D eigenvalue weighted by Crippen LogP contribution is 2.26. The molecule has 0 heterocycles. The van der Waals surface area contributed by atoms with Gasteiger partial charge in [0.2, 0.25) is 10.0 Å². The standard InChI is InChI=1S/C14H22N2O2S/c1-3-11(4-2)15-13-7-5-6-8-14(13)19(17,18)16-12-9-10-12/h5-8,11-12,15-16H,3-4,9-10H2,1-2H3. The second kappa shape index (κ2) is 5.92. The van der Waals surface area contributed by atoms with Gasteiger partial charge in [0.25, 0.3) is 0 Å². The molecule has 1 aliphatic rings. The molecule has 0 amide bonds. The third kappa shape index (κ3) is 3.70. The third-order valence-corrected chi connectivity index (χ3v) is 5.00. The van der Waals surface area contributed by atoms with Crippen LogP contribution in [-0.4, -0.2) is 20.5 Å². The Bertz CT molecular complexity index is 520. The molecule has 0 spiro atoms. The highest BCUT2D eigenvalue weighted by Gasteiger charge is 2.29. The normalized spacial score (nSPS) is 15.7. The van der Waals surface area contributed by atoms with Gasteiger partial charge >= 0.3 is 0 Å². The number of sulfonamides is 1. The summed E-state index contributed by atoms with van der Waals surface area (Å²) < 4.78 is 27.3. The van der Waals surface area contributed by atoms with Gasteiger partial charge < -0.3 is 5.32 Å². The van der Waals surface area contributed by atoms with Crippen LogP contribution in [0.2, 0.25) is 0 Å². The van der Waals surface area contributed by atoms with Crippen molar-refractivity contribution >= 4 is 15.7 Å². The molecule has 19 heavy (non-hydrogen) atoms. The minimum absolute atomic E-state index is 0.131. The molecule has 0 aromatic heterocycles. The Balaban J connectivity index is 2.24. The molecule has 2 rings (SSSR count). The van der Waals surface area contributed by atoms with Crippen LogP contribution in [0.1, 0.15) is 39.5 Å². The zero-order valence-corrected chi connectivity index (χ0v) is 12.3. The van der Waals surface area contributed by atoms with Gasteiger partial charge in [-0.05, 0) is 37.8 Å². The van der Waals surface area contributed by atoms with Crippen LogP contribution < -0.4 is 10.0 Å². The minimum Gasteiger partial charge on any atom is -0.381 e. The second-order valence-electron chi connectivity index (χ2n) is 5.05. The van der Waals surface area contributed by atoms with Crippen molar-refractivity contribution in [2.75, 3.05) is 5.32 Å². The van der Waals surface area contributed by atoms with Crippen molar-refractivity contribution in [3.8, 4) is 0 Å². The first kappa shape index (κ1) is 14.3. The smallest absolute Gasteiger partial charge is 0.242 e. The van der Waals surface area contributed by atoms with Crippen molar-refractivity contribution in [1.82, 2.24) is 4.72 Å². The largest absolute Gasteiger partial charge is 0.381 e. The van der Waals surface area contributed by atoms with E-state index >= 15 is 0 Å². The molecule has 0 unspecified atom stereocenters. The monoisotopic (exact) mass is 282 g/mol. The molecule has 2 N–H and O–H groups in total. The SMILES string of the molecule is CCC(CC)Nc1ccccc1S(=O)(=O)NC1CC1. The summed E-state index contributed by atoms with van der Waals surface area (Å²) in [5.41, 5.74) is 0.698. The maximum atomic E-state index is 12.3. The molecule has 0 saturated heterocycles. The Labute approximate surface area is 115 Å². The van der Waals surface area contributed by atoms with Crippen LogP contribution in [0.15, 0.2) is 29.2 Å². The van der Waals surface area contributed by atoms with Crippen LogP contribution in [0.4, 0.5) is 5.69 Å². The first-order chi connectivity index (χ1) is 9.06. The molecule has 4 nitrogen and oxygen atoms in total. The molecular formula is C14H22N2O2S. The van der Waals surface area contributed by atoms with E-state index in [1.54, 1.807) is 12.1 Å². The highest BCUT2D eigenvalue weighted by atomic mass is 32.2. The summed E-state index contributed by atoms with van der Waals surface area (Å²) in [5.74, 6) is 0. The number of benzene rings is 1. The summed E-state index contributed by atoms with van der Waals surface area (Å²) in [4.78, 5) is 0.355. The lowest BCUT2D eigenvalue weighted by molar-refractivity contribution is 0.580. The Kier molecular flexibility index (Phi) is 4.47. The van der Waals surface area contributed by atoms with Crippen LogP contribution in [-0.2, 0) is 10.0 Å². The van der Waals surface area contributed by atoms with Gasteiger partial charge in [0, 0.05) is 12.1 Å². The van der Waals surface area contributed by atoms with Crippen molar-refractivity contribution in [1.29, 1.82) is 0 Å². The summed E-state index contributed by atoms with van der Waals surface area (Å²) in [5, 5.41) is 3.33. The van der Waals surface area contributed by atoms with Gasteiger partial charge in [0.1, 0.15) is 4.90 Å². The zero-order valence-electron chi connectivity index (χ0n) is 11.5. The van der Waals surface area contributed by atoms with E-state index in [0.717, 1.165) is 25.7 Å². The van der Waals surface area contributed by atoms with Gasteiger partial charge in [0.05, 0.1) is 5.69 Å². The van der Waals surface area contributed by atoms with Gasteiger partial charge in [0.15, 0.2) is 0 Å². The average molecular weight is 282 g/mol. The van der Waals surface area contributed by atoms with Crippen LogP contribution >= 0.6 is 0 Å². The van der Waals surface area contributed by atoms with Gasteiger partial charge in [-0.15, -0.1) is 0 Å². The molecule has 0 aliphatic heterocycles. The fourth-order valence-corrected chi connectivity index (χ4v) is 3.49. The Morgan fingerprint density at radius 1 is 1.21 bits per heavy atom. The zero-order chi connectivity index (χ0) is 13.9. The van der Waals surface area contributed by atoms with Crippen molar-refractivity contribution in [3.63, 3.8) is 0 Å². The van der Waals surface area contributed by atoms with E-state index in [2.05, 4.69) is 23.9 Å². The number of hydrogen-bond donors (Lipinski definition) is 2. The molecule has 5 heteroatoms. The van der Waals surface area contributed by atoms with Crippen LogP contribution in [0.5, 0.6) is 0 Å². The van der Waals surface area contributed by atoms with Crippen LogP contribution in [0, 0.1) is 0 Å². The summed E-state index contributed by atoms with van der Waals surface area (Å²) in [6, 6.07) is 7.55. The maximum absolute atomic E-state index is 12.3. The number of anilines is 1. The Morgan fingerprint density at radius 3 is 2.42 bits per heavy atom. The summed E-state index contributed by atoms with van der Waals surface area (Å²) in [6.07, 6.45) is 3.84. The molecule has 1 aromatic rings. The van der Waals surface area contributed by atoms with Crippen molar-refractivity contribution in [2.45, 2.75) is 56.5 Å². The first-order valence-corrected chi connectivity index (χ1v) is 8.43. The lowest BCUT2D eigenvalue weighted by Crippen LogP contribution is -2.27. The molecule has 106 valence electrons. The number of rotatable bonds is 7. The molecular weight excluding hydrogens is 260 g/mol. The van der Waals surface area contributed by atoms with Gasteiger partial charge in [-0.3, -0.25) is 0 Å². The lowest BCUT2D eigenvalue weighted by Gasteiger charge is -2.19. The highest BCUT2D eigenvalue weighted by molar-refractivity contribution is 7.89. The van der Waals surface area contributed by atoms with Crippen molar-refractivity contribution in [3.05, 3.63) is 24.3 Å². The quantitative estimate of drug-likeness (QED) is 0.808. The minimum atomic E-state index is -3.40. The number of hydrogen-bond acceptors (Lipinski definition) is 3. The van der Waals surface area contributed by atoms with E-state index in [0.29, 0.717) is 16.6 Å². The van der Waals surface area contributed by atoms with E-state index in [1.807, 2.05) is 12.1 Å². The summed E-state index contributed by atoms with van der Waals surface area (Å²) in [7, 11) is -3.40. The molecule has 0 radical (unpaired) electrons. The Morgan fingerprint density at radius 2 is 1.84 bits per heavy atom. The van der Waals surface area contributed by atoms with Gasteiger partial charge in [-0.25, -0.2) is 13.1 Å². The number of para-hydroxylation sites is 1. The maximum Gasteiger partial charge on any atom is 0.242 e. The average Bonchev–Trinajstić information content (AvgIpc) is 3.19. The fraction of sp³-hybridized carbons (Fsp3) is 0.571. The molecule has 0 atom stereocenters. The summed E-state index contributed by atoms with van der Waals surface area (Å²) >= 11 is 0. The van der Waals surface area contributed by atoms with Crippen molar-refractivity contribution < 1.29 is 8.42 Å². The molecule has 1 saturated carbocycles. The number of nitrogens with one attached hydrogen (secondary N) is 2. The van der Waals surface area contributed by atoms with E-state index in [9.17, 15) is 8.42 Å². The van der Waals surface area contributed by atoms with Crippen molar-refractivity contribution in [2.24, 2.45) is 0 Å². The van der Waals surface area contributed by atoms with Gasteiger partial charge in [-0.1, -0.05) is 26.0 Å². The second-order valence-corrected chi connectivity index (χ2v) is 6.73. The molecule has 1 aliphatic carbocycles. The molecule has 0 bridgehead atoms. The topological polar surface area (TPSA) is 58.2 Å². The fourth-order valence-electron chi connectivity index (χ4n) is 2.02. The predicted molar refractivity (Wildman–Crippen MR) is 77.8 cm³/mol. The Hall–Kier alpha value is -1.07. The third-order valence-electron chi connectivity index (χ3n) is 3.42. The van der Waals surface area contributed by atoms with Crippen LogP contribution in [0.25, 0.3) is 0 Å². The predicted octanol–water partition coefficient (Wildman–Crippen LogP) is 2.73. The molecule has 1 aromatic carbocycles. The van der Waals surface area contributed by atoms with E-state index < -0.39 is 10.0 Å². The van der Waals surface area contributed by atoms with E-state index in [1.165, 1.54) is 0 Å². The van der Waals surface area contributed by atoms with Crippen LogP contribution in [0.3, 0.4) is 0 Å². The van der Waals surface area contributed by atoms with E-state index in [-0.39, 0.29) is 6.04 Å². The summed E-state index contributed by atoms with van der Waals surface area (Å²) in [6.45, 7) is 4.20. The molecule has 1 fully saturated rings. The lowest BCUT2D eigenvalue weighted by atomic mass is 10.1. The van der Waals surface area contributed by atoms with E-state index in [4.69, 9.17) is 0 Å².